The average molecular weight is 244 g/mol. The minimum Gasteiger partial charge on any atom is -0.363 e. The van der Waals surface area contributed by atoms with Gasteiger partial charge in [-0.3, -0.25) is 4.79 Å². The van der Waals surface area contributed by atoms with Crippen molar-refractivity contribution in [3.05, 3.63) is 42.2 Å². The van der Waals surface area contributed by atoms with Crippen LogP contribution in [0.15, 0.2) is 41.1 Å². The maximum absolute atomic E-state index is 12.1. The summed E-state index contributed by atoms with van der Waals surface area (Å²) in [7, 11) is 0. The number of rotatable bonds is 4. The van der Waals surface area contributed by atoms with Gasteiger partial charge < -0.3 is 9.84 Å². The molecule has 0 fully saturated rings. The molecule has 2 rings (SSSR count). The fourth-order valence-corrected chi connectivity index (χ4v) is 1.61. The lowest BCUT2D eigenvalue weighted by atomic mass is 10.1. The van der Waals surface area contributed by atoms with Crippen molar-refractivity contribution in [1.82, 2.24) is 10.5 Å². The van der Waals surface area contributed by atoms with Crippen molar-refractivity contribution in [3.63, 3.8) is 0 Å². The van der Waals surface area contributed by atoms with E-state index in [1.165, 1.54) is 6.26 Å². The highest BCUT2D eigenvalue weighted by Crippen LogP contribution is 2.21. The summed E-state index contributed by atoms with van der Waals surface area (Å²) in [4.78, 5) is 12.1. The van der Waals surface area contributed by atoms with Crippen LogP contribution < -0.4 is 5.32 Å². The molecule has 1 aromatic carbocycles. The number of carbonyl (C=O) groups is 1. The lowest BCUT2D eigenvalue weighted by molar-refractivity contribution is 0.0939. The summed E-state index contributed by atoms with van der Waals surface area (Å²) in [5.74, 6) is -0.149. The molecule has 0 saturated heterocycles. The van der Waals surface area contributed by atoms with Gasteiger partial charge in [0.2, 0.25) is 0 Å². The van der Waals surface area contributed by atoms with E-state index >= 15 is 0 Å². The molecule has 0 bridgehead atoms. The van der Waals surface area contributed by atoms with Crippen LogP contribution >= 0.6 is 0 Å². The van der Waals surface area contributed by atoms with Crippen LogP contribution in [0.1, 0.15) is 30.6 Å². The summed E-state index contributed by atoms with van der Waals surface area (Å²) in [6, 6.07) is 9.66. The Morgan fingerprint density at radius 2 is 2.11 bits per heavy atom. The van der Waals surface area contributed by atoms with Crippen LogP contribution in [0.5, 0.6) is 0 Å². The summed E-state index contributed by atoms with van der Waals surface area (Å²) < 4.78 is 4.93. The van der Waals surface area contributed by atoms with E-state index in [2.05, 4.69) is 10.5 Å². The van der Waals surface area contributed by atoms with Gasteiger partial charge in [0, 0.05) is 11.6 Å². The lowest BCUT2D eigenvalue weighted by Crippen LogP contribution is -2.31. The second kappa shape index (κ2) is 5.49. The van der Waals surface area contributed by atoms with Gasteiger partial charge in [-0.1, -0.05) is 42.4 Å². The molecular formula is C14H16N2O2. The number of hydrogen-bond donors (Lipinski definition) is 1. The Bertz CT molecular complexity index is 520. The first-order chi connectivity index (χ1) is 8.72. The van der Waals surface area contributed by atoms with Crippen LogP contribution in [0.2, 0.25) is 0 Å². The average Bonchev–Trinajstić information content (AvgIpc) is 2.88. The minimum atomic E-state index is -0.149. The predicted molar refractivity (Wildman–Crippen MR) is 69.2 cm³/mol. The summed E-state index contributed by atoms with van der Waals surface area (Å²) in [5.41, 5.74) is 1.93. The fourth-order valence-electron chi connectivity index (χ4n) is 1.61. The Kier molecular flexibility index (Phi) is 3.77. The smallest absolute Gasteiger partial charge is 0.257 e. The van der Waals surface area contributed by atoms with E-state index in [4.69, 9.17) is 4.52 Å². The molecule has 1 aromatic heterocycles. The fraction of sp³-hybridized carbons (Fsp3) is 0.286. The van der Waals surface area contributed by atoms with E-state index in [1.54, 1.807) is 0 Å². The quantitative estimate of drug-likeness (QED) is 0.899. The second-order valence-electron chi connectivity index (χ2n) is 4.23. The molecule has 18 heavy (non-hydrogen) atoms. The highest BCUT2D eigenvalue weighted by atomic mass is 16.5. The van der Waals surface area contributed by atoms with Crippen LogP contribution in [-0.4, -0.2) is 17.1 Å². The number of nitrogens with one attached hydrogen (secondary N) is 1. The first kappa shape index (κ1) is 12.4. The van der Waals surface area contributed by atoms with Crippen LogP contribution in [0.3, 0.4) is 0 Å². The van der Waals surface area contributed by atoms with E-state index in [-0.39, 0.29) is 11.9 Å². The van der Waals surface area contributed by atoms with Crippen molar-refractivity contribution in [2.45, 2.75) is 26.3 Å². The highest BCUT2D eigenvalue weighted by molar-refractivity contribution is 5.99. The van der Waals surface area contributed by atoms with Crippen LogP contribution in [0, 0.1) is 0 Å². The van der Waals surface area contributed by atoms with Gasteiger partial charge in [-0.05, 0) is 13.3 Å². The number of carbonyl (C=O) groups excluding carboxylic acids is 1. The van der Waals surface area contributed by atoms with Crippen molar-refractivity contribution >= 4 is 5.91 Å². The molecule has 1 atom stereocenters. The maximum Gasteiger partial charge on any atom is 0.257 e. The van der Waals surface area contributed by atoms with Crippen molar-refractivity contribution in [3.8, 4) is 11.3 Å². The van der Waals surface area contributed by atoms with Gasteiger partial charge in [-0.2, -0.15) is 0 Å². The Balaban J connectivity index is 2.26. The molecule has 2 aromatic rings. The Labute approximate surface area is 106 Å². The monoisotopic (exact) mass is 244 g/mol. The molecule has 0 aliphatic carbocycles. The summed E-state index contributed by atoms with van der Waals surface area (Å²) in [6.45, 7) is 3.99. The van der Waals surface area contributed by atoms with Crippen LogP contribution in [0.25, 0.3) is 11.3 Å². The first-order valence-electron chi connectivity index (χ1n) is 6.03. The summed E-state index contributed by atoms with van der Waals surface area (Å²) in [6.07, 6.45) is 2.28. The van der Waals surface area contributed by atoms with Crippen molar-refractivity contribution in [2.24, 2.45) is 0 Å². The van der Waals surface area contributed by atoms with E-state index in [1.807, 2.05) is 44.2 Å². The van der Waals surface area contributed by atoms with E-state index in [0.717, 1.165) is 12.0 Å². The van der Waals surface area contributed by atoms with Crippen molar-refractivity contribution in [2.75, 3.05) is 0 Å². The molecule has 1 heterocycles. The minimum absolute atomic E-state index is 0.135. The molecule has 1 amide bonds. The van der Waals surface area contributed by atoms with E-state index < -0.39 is 0 Å². The third kappa shape index (κ3) is 2.59. The number of hydrogen-bond acceptors (Lipinski definition) is 3. The molecule has 0 spiro atoms. The largest absolute Gasteiger partial charge is 0.363 e. The predicted octanol–water partition coefficient (Wildman–Crippen LogP) is 2.87. The standard InChI is InChI=1S/C14H16N2O2/c1-3-10(2)15-14(17)12-9-18-16-13(12)11-7-5-4-6-8-11/h4-10H,3H2,1-2H3,(H,15,17). The zero-order chi connectivity index (χ0) is 13.0. The number of amides is 1. The summed E-state index contributed by atoms with van der Waals surface area (Å²) >= 11 is 0. The highest BCUT2D eigenvalue weighted by Gasteiger charge is 2.18. The van der Waals surface area contributed by atoms with Gasteiger partial charge in [0.15, 0.2) is 0 Å². The lowest BCUT2D eigenvalue weighted by Gasteiger charge is -2.10. The molecule has 94 valence electrons. The molecule has 4 nitrogen and oxygen atoms in total. The summed E-state index contributed by atoms with van der Waals surface area (Å²) in [5, 5.41) is 6.81. The molecular weight excluding hydrogens is 228 g/mol. The SMILES string of the molecule is CCC(C)NC(=O)c1conc1-c1ccccc1. The van der Waals surface area contributed by atoms with Crippen molar-refractivity contribution in [1.29, 1.82) is 0 Å². The van der Waals surface area contributed by atoms with Gasteiger partial charge in [0.1, 0.15) is 17.5 Å². The zero-order valence-corrected chi connectivity index (χ0v) is 10.5. The maximum atomic E-state index is 12.1. The Morgan fingerprint density at radius 3 is 2.78 bits per heavy atom. The van der Waals surface area contributed by atoms with Gasteiger partial charge in [-0.15, -0.1) is 0 Å². The first-order valence-corrected chi connectivity index (χ1v) is 6.03. The van der Waals surface area contributed by atoms with Crippen LogP contribution in [-0.2, 0) is 0 Å². The molecule has 0 aliphatic rings. The third-order valence-corrected chi connectivity index (χ3v) is 2.85. The molecule has 4 heteroatoms. The second-order valence-corrected chi connectivity index (χ2v) is 4.23. The molecule has 0 aliphatic heterocycles. The number of nitrogens with zero attached hydrogens (tertiary/aromatic N) is 1. The zero-order valence-electron chi connectivity index (χ0n) is 10.5. The molecule has 1 N–H and O–H groups in total. The Morgan fingerprint density at radius 1 is 1.39 bits per heavy atom. The van der Waals surface area contributed by atoms with Gasteiger partial charge >= 0.3 is 0 Å². The van der Waals surface area contributed by atoms with Gasteiger partial charge in [0.05, 0.1) is 0 Å². The van der Waals surface area contributed by atoms with Gasteiger partial charge in [0.25, 0.3) is 5.91 Å². The van der Waals surface area contributed by atoms with E-state index in [9.17, 15) is 4.79 Å². The third-order valence-electron chi connectivity index (χ3n) is 2.85. The molecule has 0 radical (unpaired) electrons. The number of benzene rings is 1. The van der Waals surface area contributed by atoms with E-state index in [0.29, 0.717) is 11.3 Å². The Hall–Kier alpha value is -2.10. The van der Waals surface area contributed by atoms with Crippen LogP contribution in [0.4, 0.5) is 0 Å². The number of aromatic nitrogens is 1. The molecule has 0 saturated carbocycles. The normalized spacial score (nSPS) is 12.1. The van der Waals surface area contributed by atoms with Crippen molar-refractivity contribution < 1.29 is 9.32 Å². The topological polar surface area (TPSA) is 55.1 Å². The molecule has 1 unspecified atom stereocenters. The van der Waals surface area contributed by atoms with Gasteiger partial charge in [-0.25, -0.2) is 0 Å².